The van der Waals surface area contributed by atoms with Gasteiger partial charge in [-0.15, -0.1) is 0 Å². The van der Waals surface area contributed by atoms with Crippen molar-refractivity contribution >= 4 is 15.9 Å². The number of ether oxygens (including phenoxy) is 1. The van der Waals surface area contributed by atoms with E-state index in [1.807, 2.05) is 36.4 Å². The molecule has 3 heteroatoms. The van der Waals surface area contributed by atoms with Crippen molar-refractivity contribution in [1.82, 2.24) is 0 Å². The highest BCUT2D eigenvalue weighted by Crippen LogP contribution is 2.32. The van der Waals surface area contributed by atoms with Crippen LogP contribution in [0, 0.1) is 0 Å². The maximum Gasteiger partial charge on any atom is 0.133 e. The average Bonchev–Trinajstić information content (AvgIpc) is 2.53. The number of aliphatic hydroxyl groups is 1. The fraction of sp³-hybridized carbons (Fsp3) is 0.333. The summed E-state index contributed by atoms with van der Waals surface area (Å²) in [5.41, 5.74) is 3.01. The molecule has 1 N–H and O–H groups in total. The molecule has 2 aromatic rings. The summed E-state index contributed by atoms with van der Waals surface area (Å²) in [5, 5.41) is 10.6. The third kappa shape index (κ3) is 3.86. The van der Waals surface area contributed by atoms with Crippen molar-refractivity contribution in [1.29, 1.82) is 0 Å². The van der Waals surface area contributed by atoms with E-state index >= 15 is 0 Å². The monoisotopic (exact) mass is 348 g/mol. The van der Waals surface area contributed by atoms with Gasteiger partial charge in [0.2, 0.25) is 0 Å². The van der Waals surface area contributed by atoms with Crippen LogP contribution in [0.2, 0.25) is 0 Å². The molecule has 0 aromatic heterocycles. The van der Waals surface area contributed by atoms with E-state index in [4.69, 9.17) is 4.74 Å². The molecule has 0 aliphatic rings. The van der Waals surface area contributed by atoms with Gasteiger partial charge < -0.3 is 9.84 Å². The van der Waals surface area contributed by atoms with Gasteiger partial charge in [0.15, 0.2) is 0 Å². The van der Waals surface area contributed by atoms with Crippen LogP contribution in [0.4, 0.5) is 0 Å². The lowest BCUT2D eigenvalue weighted by atomic mass is 9.95. The highest BCUT2D eigenvalue weighted by Gasteiger charge is 2.15. The summed E-state index contributed by atoms with van der Waals surface area (Å²) < 4.78 is 6.52. The molecule has 0 radical (unpaired) electrons. The maximum absolute atomic E-state index is 10.6. The Morgan fingerprint density at radius 3 is 2.57 bits per heavy atom. The van der Waals surface area contributed by atoms with Crippen molar-refractivity contribution in [3.8, 4) is 5.75 Å². The van der Waals surface area contributed by atoms with E-state index in [0.717, 1.165) is 34.2 Å². The van der Waals surface area contributed by atoms with Crippen LogP contribution in [0.5, 0.6) is 5.75 Å². The SMILES string of the molecule is CCCOc1ccc(C(O)c2ccccc2CC)cc1Br. The molecule has 21 heavy (non-hydrogen) atoms. The molecule has 0 heterocycles. The Morgan fingerprint density at radius 2 is 1.90 bits per heavy atom. The first-order valence-electron chi connectivity index (χ1n) is 7.35. The summed E-state index contributed by atoms with van der Waals surface area (Å²) in [4.78, 5) is 0. The average molecular weight is 349 g/mol. The Hall–Kier alpha value is -1.32. The lowest BCUT2D eigenvalue weighted by Gasteiger charge is -2.16. The highest BCUT2D eigenvalue weighted by atomic mass is 79.9. The van der Waals surface area contributed by atoms with Crippen LogP contribution in [0.1, 0.15) is 43.1 Å². The number of hydrogen-bond acceptors (Lipinski definition) is 2. The van der Waals surface area contributed by atoms with E-state index in [-0.39, 0.29) is 0 Å². The molecule has 0 fully saturated rings. The molecule has 0 spiro atoms. The summed E-state index contributed by atoms with van der Waals surface area (Å²) in [7, 11) is 0. The predicted octanol–water partition coefficient (Wildman–Crippen LogP) is 4.88. The number of halogens is 1. The van der Waals surface area contributed by atoms with Gasteiger partial charge in [0.25, 0.3) is 0 Å². The molecule has 112 valence electrons. The van der Waals surface area contributed by atoms with E-state index in [0.29, 0.717) is 6.61 Å². The quantitative estimate of drug-likeness (QED) is 0.805. The van der Waals surface area contributed by atoms with Gasteiger partial charge in [-0.2, -0.15) is 0 Å². The Bertz CT molecular complexity index is 596. The largest absolute Gasteiger partial charge is 0.492 e. The Kier molecular flexibility index (Phi) is 5.83. The Morgan fingerprint density at radius 1 is 1.14 bits per heavy atom. The molecule has 0 aliphatic carbocycles. The van der Waals surface area contributed by atoms with Gasteiger partial charge in [-0.3, -0.25) is 0 Å². The lowest BCUT2D eigenvalue weighted by molar-refractivity contribution is 0.219. The summed E-state index contributed by atoms with van der Waals surface area (Å²) >= 11 is 3.52. The number of rotatable bonds is 6. The van der Waals surface area contributed by atoms with E-state index in [9.17, 15) is 5.11 Å². The van der Waals surface area contributed by atoms with Crippen molar-refractivity contribution in [2.24, 2.45) is 0 Å². The second kappa shape index (κ2) is 7.62. The zero-order valence-electron chi connectivity index (χ0n) is 12.5. The maximum atomic E-state index is 10.6. The number of aryl methyl sites for hydroxylation is 1. The normalized spacial score (nSPS) is 12.2. The summed E-state index contributed by atoms with van der Waals surface area (Å²) in [6, 6.07) is 13.8. The van der Waals surface area contributed by atoms with Crippen LogP contribution in [0.25, 0.3) is 0 Å². The van der Waals surface area contributed by atoms with Gasteiger partial charge in [-0.25, -0.2) is 0 Å². The zero-order valence-corrected chi connectivity index (χ0v) is 14.1. The molecular formula is C18H21BrO2. The molecular weight excluding hydrogens is 328 g/mol. The topological polar surface area (TPSA) is 29.5 Å². The minimum Gasteiger partial charge on any atom is -0.492 e. The van der Waals surface area contributed by atoms with E-state index in [1.165, 1.54) is 5.56 Å². The van der Waals surface area contributed by atoms with Crippen molar-refractivity contribution in [3.05, 3.63) is 63.6 Å². The molecule has 2 rings (SSSR count). The van der Waals surface area contributed by atoms with Crippen LogP contribution in [-0.2, 0) is 6.42 Å². The molecule has 0 saturated heterocycles. The molecule has 1 unspecified atom stereocenters. The van der Waals surface area contributed by atoms with Crippen LogP contribution >= 0.6 is 15.9 Å². The van der Waals surface area contributed by atoms with Gasteiger partial charge >= 0.3 is 0 Å². The molecule has 0 bridgehead atoms. The third-order valence-electron chi connectivity index (χ3n) is 3.46. The molecule has 0 saturated carbocycles. The van der Waals surface area contributed by atoms with Crippen molar-refractivity contribution in [2.45, 2.75) is 32.8 Å². The van der Waals surface area contributed by atoms with Gasteiger partial charge in [0, 0.05) is 0 Å². The smallest absolute Gasteiger partial charge is 0.133 e. The summed E-state index contributed by atoms with van der Waals surface area (Å²) in [6.07, 6.45) is 1.27. The first-order valence-corrected chi connectivity index (χ1v) is 8.14. The molecule has 2 nitrogen and oxygen atoms in total. The molecule has 0 aliphatic heterocycles. The number of hydrogen-bond donors (Lipinski definition) is 1. The molecule has 1 atom stereocenters. The lowest BCUT2D eigenvalue weighted by Crippen LogP contribution is -2.04. The second-order valence-electron chi connectivity index (χ2n) is 4.99. The standard InChI is InChI=1S/C18H21BrO2/c1-3-11-21-17-10-9-14(12-16(17)19)18(20)15-8-6-5-7-13(15)4-2/h5-10,12,18,20H,3-4,11H2,1-2H3. The van der Waals surface area contributed by atoms with Crippen molar-refractivity contribution < 1.29 is 9.84 Å². The fourth-order valence-corrected chi connectivity index (χ4v) is 2.83. The van der Waals surface area contributed by atoms with Crippen LogP contribution in [0.3, 0.4) is 0 Å². The third-order valence-corrected chi connectivity index (χ3v) is 4.08. The van der Waals surface area contributed by atoms with Crippen molar-refractivity contribution in [3.63, 3.8) is 0 Å². The number of aliphatic hydroxyl groups excluding tert-OH is 1. The van der Waals surface area contributed by atoms with E-state index in [2.05, 4.69) is 35.8 Å². The van der Waals surface area contributed by atoms with E-state index < -0.39 is 6.10 Å². The summed E-state index contributed by atoms with van der Waals surface area (Å²) in [5.74, 6) is 0.816. The molecule has 0 amide bonds. The van der Waals surface area contributed by atoms with Gasteiger partial charge in [-0.1, -0.05) is 44.2 Å². The first kappa shape index (κ1) is 16.1. The van der Waals surface area contributed by atoms with Gasteiger partial charge in [0.1, 0.15) is 11.9 Å². The van der Waals surface area contributed by atoms with Gasteiger partial charge in [-0.05, 0) is 57.6 Å². The predicted molar refractivity (Wildman–Crippen MR) is 89.8 cm³/mol. The first-order chi connectivity index (χ1) is 10.2. The van der Waals surface area contributed by atoms with Gasteiger partial charge in [0.05, 0.1) is 11.1 Å². The minimum absolute atomic E-state index is 0.613. The fourth-order valence-electron chi connectivity index (χ4n) is 2.32. The zero-order chi connectivity index (χ0) is 15.2. The van der Waals surface area contributed by atoms with Crippen LogP contribution in [0.15, 0.2) is 46.9 Å². The van der Waals surface area contributed by atoms with Crippen LogP contribution < -0.4 is 4.74 Å². The Balaban J connectivity index is 2.27. The number of benzene rings is 2. The van der Waals surface area contributed by atoms with Crippen LogP contribution in [-0.4, -0.2) is 11.7 Å². The van der Waals surface area contributed by atoms with Crippen molar-refractivity contribution in [2.75, 3.05) is 6.61 Å². The Labute approximate surface area is 134 Å². The highest BCUT2D eigenvalue weighted by molar-refractivity contribution is 9.10. The molecule has 2 aromatic carbocycles. The minimum atomic E-state index is -0.613. The van der Waals surface area contributed by atoms with E-state index in [1.54, 1.807) is 0 Å². The summed E-state index contributed by atoms with van der Waals surface area (Å²) in [6.45, 7) is 4.87. The second-order valence-corrected chi connectivity index (χ2v) is 5.85.